The Bertz CT molecular complexity index is 1740. The Kier molecular flexibility index (Phi) is 7.42. The zero-order chi connectivity index (χ0) is 29.3. The Hall–Kier alpha value is -4.48. The molecule has 12 nitrogen and oxygen atoms in total. The van der Waals surface area contributed by atoms with E-state index >= 15 is 0 Å². The summed E-state index contributed by atoms with van der Waals surface area (Å²) in [7, 11) is 0. The van der Waals surface area contributed by atoms with Crippen LogP contribution in [-0.2, 0) is 13.1 Å². The highest BCUT2D eigenvalue weighted by molar-refractivity contribution is 5.87. The van der Waals surface area contributed by atoms with Crippen LogP contribution in [0.2, 0.25) is 0 Å². The molecule has 2 saturated carbocycles. The molecule has 1 aromatic carbocycles. The summed E-state index contributed by atoms with van der Waals surface area (Å²) in [6, 6.07) is 10.4. The molecule has 0 radical (unpaired) electrons. The van der Waals surface area contributed by atoms with Crippen molar-refractivity contribution in [2.45, 2.75) is 77.9 Å². The molecule has 0 bridgehead atoms. The highest BCUT2D eigenvalue weighted by Crippen LogP contribution is 2.36. The normalized spacial score (nSPS) is 19.8. The molecular weight excluding hydrogens is 544 g/mol. The lowest BCUT2D eigenvalue weighted by molar-refractivity contribution is 0.267. The van der Waals surface area contributed by atoms with E-state index in [1.54, 1.807) is 0 Å². The number of imidazole rings is 1. The summed E-state index contributed by atoms with van der Waals surface area (Å²) in [6.07, 6.45) is 10.4. The number of benzene rings is 1. The van der Waals surface area contributed by atoms with Crippen LogP contribution < -0.4 is 16.4 Å². The Balaban J connectivity index is 1.29. The van der Waals surface area contributed by atoms with Crippen LogP contribution in [0.3, 0.4) is 0 Å². The minimum absolute atomic E-state index is 0.183. The van der Waals surface area contributed by atoms with Crippen molar-refractivity contribution in [2.24, 2.45) is 17.8 Å². The predicted octanol–water partition coefficient (Wildman–Crippen LogP) is 5.60. The van der Waals surface area contributed by atoms with Gasteiger partial charge in [0.2, 0.25) is 17.6 Å². The third-order valence-corrected chi connectivity index (χ3v) is 9.25. The lowest BCUT2D eigenvalue weighted by Gasteiger charge is -2.32. The predicted molar refractivity (Wildman–Crippen MR) is 164 cm³/mol. The number of nitrogens with zero attached hydrogens (tertiary/aromatic N) is 6. The van der Waals surface area contributed by atoms with Gasteiger partial charge < -0.3 is 19.7 Å². The average Bonchev–Trinajstić information content (AvgIpc) is 3.71. The largest absolute Gasteiger partial charge is 0.460 e. The smallest absolute Gasteiger partial charge is 0.365 e. The first-order valence-electron chi connectivity index (χ1n) is 15.4. The van der Waals surface area contributed by atoms with Gasteiger partial charge in [0.1, 0.15) is 5.52 Å². The highest BCUT2D eigenvalue weighted by Gasteiger charge is 2.28. The van der Waals surface area contributed by atoms with E-state index in [1.807, 2.05) is 24.4 Å². The van der Waals surface area contributed by atoms with Crippen LogP contribution in [-0.4, -0.2) is 45.9 Å². The van der Waals surface area contributed by atoms with Crippen LogP contribution in [0, 0.1) is 17.8 Å². The van der Waals surface area contributed by atoms with E-state index in [-0.39, 0.29) is 17.7 Å². The monoisotopic (exact) mass is 582 g/mol. The van der Waals surface area contributed by atoms with Crippen molar-refractivity contribution < 1.29 is 4.52 Å². The maximum Gasteiger partial charge on any atom is 0.460 e. The number of nitrogens with one attached hydrogen (secondary N) is 4. The molecule has 5 aromatic rings. The molecule has 0 aliphatic heterocycles. The summed E-state index contributed by atoms with van der Waals surface area (Å²) < 4.78 is 7.10. The molecule has 4 heterocycles. The number of aromatic nitrogens is 8. The molecule has 0 spiro atoms. The molecule has 7 rings (SSSR count). The number of H-pyrrole nitrogens is 2. The summed E-state index contributed by atoms with van der Waals surface area (Å²) in [6.45, 7) is 5.91. The van der Waals surface area contributed by atoms with Crippen LogP contribution in [0.5, 0.6) is 0 Å². The molecule has 224 valence electrons. The minimum Gasteiger partial charge on any atom is -0.365 e. The molecule has 2 fully saturated rings. The van der Waals surface area contributed by atoms with Gasteiger partial charge in [0, 0.05) is 36.5 Å². The van der Waals surface area contributed by atoms with Gasteiger partial charge in [0.05, 0.1) is 5.69 Å². The van der Waals surface area contributed by atoms with Crippen molar-refractivity contribution in [2.75, 3.05) is 10.6 Å². The van der Waals surface area contributed by atoms with Crippen LogP contribution in [0.1, 0.15) is 64.4 Å². The van der Waals surface area contributed by atoms with Gasteiger partial charge in [-0.25, -0.2) is 14.8 Å². The zero-order valence-corrected chi connectivity index (χ0v) is 24.6. The fourth-order valence-electron chi connectivity index (χ4n) is 6.39. The van der Waals surface area contributed by atoms with Crippen LogP contribution in [0.4, 0.5) is 11.8 Å². The molecule has 4 aromatic heterocycles. The first kappa shape index (κ1) is 27.4. The molecule has 4 N–H and O–H groups in total. The Morgan fingerprint density at radius 1 is 1.05 bits per heavy atom. The van der Waals surface area contributed by atoms with E-state index in [9.17, 15) is 4.79 Å². The standard InChI is InChI=1S/C31H38N10O2/c1-18-11-13-20(14-12-18)17-41-25-26(34-19(2)21-9-6-10-21)35-28(29-38-31(42)43-40-29)36-27(25)37-30(41)32-15-23-16-33-39-24(23)22-7-4-3-5-8-22/h3-5,7-8,16,18-21H,6,9-15,17H2,1-2H3,(H,33,39)(H,38,40,42)(H2,32,34,35,36,37)/t18?,19-,20?/m1/s1. The van der Waals surface area contributed by atoms with Crippen molar-refractivity contribution in [1.82, 2.24) is 39.9 Å². The van der Waals surface area contributed by atoms with Gasteiger partial charge in [-0.1, -0.05) is 56.5 Å². The van der Waals surface area contributed by atoms with Crippen LogP contribution >= 0.6 is 0 Å². The highest BCUT2D eigenvalue weighted by atomic mass is 16.5. The fraction of sp³-hybridized carbons (Fsp3) is 0.484. The van der Waals surface area contributed by atoms with Crippen molar-refractivity contribution in [3.05, 3.63) is 52.6 Å². The molecule has 2 aliphatic carbocycles. The summed E-state index contributed by atoms with van der Waals surface area (Å²) in [5.41, 5.74) is 4.40. The summed E-state index contributed by atoms with van der Waals surface area (Å²) in [4.78, 5) is 30.3. The molecule has 0 saturated heterocycles. The number of anilines is 2. The minimum atomic E-state index is -0.718. The van der Waals surface area contributed by atoms with E-state index in [1.165, 1.54) is 44.9 Å². The van der Waals surface area contributed by atoms with Crippen LogP contribution in [0.15, 0.2) is 45.8 Å². The Morgan fingerprint density at radius 2 is 1.86 bits per heavy atom. The van der Waals surface area contributed by atoms with Crippen LogP contribution in [0.25, 0.3) is 34.1 Å². The van der Waals surface area contributed by atoms with E-state index < -0.39 is 5.76 Å². The Labute approximate surface area is 249 Å². The van der Waals surface area contributed by atoms with Gasteiger partial charge in [-0.15, -0.1) is 4.98 Å². The maximum atomic E-state index is 11.7. The van der Waals surface area contributed by atoms with E-state index in [2.05, 4.69) is 61.5 Å². The molecular formula is C31H38N10O2. The summed E-state index contributed by atoms with van der Waals surface area (Å²) >= 11 is 0. The van der Waals surface area contributed by atoms with Gasteiger partial charge in [0.25, 0.3) is 0 Å². The third kappa shape index (κ3) is 5.65. The number of hydrogen-bond donors (Lipinski definition) is 4. The van der Waals surface area contributed by atoms with Gasteiger partial charge in [-0.3, -0.25) is 5.10 Å². The lowest BCUT2D eigenvalue weighted by Crippen LogP contribution is -2.31. The lowest BCUT2D eigenvalue weighted by atomic mass is 9.80. The zero-order valence-electron chi connectivity index (χ0n) is 24.6. The second-order valence-electron chi connectivity index (χ2n) is 12.3. The number of rotatable bonds is 10. The quantitative estimate of drug-likeness (QED) is 0.165. The first-order chi connectivity index (χ1) is 21.0. The van der Waals surface area contributed by atoms with E-state index in [4.69, 9.17) is 19.5 Å². The first-order valence-corrected chi connectivity index (χ1v) is 15.4. The fourth-order valence-corrected chi connectivity index (χ4v) is 6.39. The van der Waals surface area contributed by atoms with E-state index in [0.29, 0.717) is 29.8 Å². The molecule has 2 aliphatic rings. The summed E-state index contributed by atoms with van der Waals surface area (Å²) in [5.74, 6) is 3.05. The van der Waals surface area contributed by atoms with Gasteiger partial charge >= 0.3 is 5.76 Å². The van der Waals surface area contributed by atoms with Crippen molar-refractivity contribution in [1.29, 1.82) is 0 Å². The molecule has 43 heavy (non-hydrogen) atoms. The van der Waals surface area contributed by atoms with Gasteiger partial charge in [-0.2, -0.15) is 15.2 Å². The topological polar surface area (TPSA) is 155 Å². The van der Waals surface area contributed by atoms with Crippen molar-refractivity contribution >= 4 is 22.9 Å². The SMILES string of the molecule is CC1CCC(Cn2c(NCc3c[nH]nc3-c3ccccc3)nc3nc(-c4nc(=O)o[nH]4)nc(N[C@H](C)C4CCC4)c32)CC1. The number of hydrogen-bond acceptors (Lipinski definition) is 9. The second kappa shape index (κ2) is 11.7. The van der Waals surface area contributed by atoms with Gasteiger partial charge in [-0.05, 0) is 50.4 Å². The Morgan fingerprint density at radius 3 is 2.58 bits per heavy atom. The number of aromatic amines is 2. The second-order valence-corrected chi connectivity index (χ2v) is 12.3. The molecule has 0 unspecified atom stereocenters. The van der Waals surface area contributed by atoms with Crippen molar-refractivity contribution in [3.8, 4) is 22.9 Å². The van der Waals surface area contributed by atoms with Gasteiger partial charge in [0.15, 0.2) is 11.5 Å². The average molecular weight is 583 g/mol. The third-order valence-electron chi connectivity index (χ3n) is 9.25. The molecule has 0 amide bonds. The maximum absolute atomic E-state index is 11.7. The van der Waals surface area contributed by atoms with Crippen molar-refractivity contribution in [3.63, 3.8) is 0 Å². The number of fused-ring (bicyclic) bond motifs is 1. The molecule has 12 heteroatoms. The summed E-state index contributed by atoms with van der Waals surface area (Å²) in [5, 5.41) is 17.4. The van der Waals surface area contributed by atoms with E-state index in [0.717, 1.165) is 40.7 Å². The molecule has 1 atom stereocenters.